The number of carbonyl (C=O) groups is 2. The SMILES string of the molecule is O=C(O[C@H]1CCOC1=O)c1ccc(NS(=O)(=O)c2ccc(Cl)s2)cc1. The third kappa shape index (κ3) is 4.12. The summed E-state index contributed by atoms with van der Waals surface area (Å²) in [4.78, 5) is 23.3. The van der Waals surface area contributed by atoms with E-state index in [9.17, 15) is 18.0 Å². The molecule has 2 heterocycles. The highest BCUT2D eigenvalue weighted by molar-refractivity contribution is 7.94. The van der Waals surface area contributed by atoms with E-state index < -0.39 is 28.1 Å². The van der Waals surface area contributed by atoms with Crippen LogP contribution in [-0.2, 0) is 24.3 Å². The minimum Gasteiger partial charge on any atom is -0.463 e. The van der Waals surface area contributed by atoms with Gasteiger partial charge in [0, 0.05) is 12.1 Å². The number of carbonyl (C=O) groups excluding carboxylic acids is 2. The van der Waals surface area contributed by atoms with Gasteiger partial charge in [-0.15, -0.1) is 11.3 Å². The molecule has 1 fully saturated rings. The summed E-state index contributed by atoms with van der Waals surface area (Å²) in [6, 6.07) is 8.56. The summed E-state index contributed by atoms with van der Waals surface area (Å²) in [6.07, 6.45) is -0.569. The number of hydrogen-bond acceptors (Lipinski definition) is 7. The van der Waals surface area contributed by atoms with Crippen molar-refractivity contribution in [2.24, 2.45) is 0 Å². The Morgan fingerprint density at radius 1 is 1.24 bits per heavy atom. The zero-order valence-electron chi connectivity index (χ0n) is 12.6. The molecule has 25 heavy (non-hydrogen) atoms. The van der Waals surface area contributed by atoms with Gasteiger partial charge in [0.1, 0.15) is 4.21 Å². The number of ether oxygens (including phenoxy) is 2. The zero-order valence-corrected chi connectivity index (χ0v) is 15.0. The van der Waals surface area contributed by atoms with E-state index in [1.807, 2.05) is 0 Å². The van der Waals surface area contributed by atoms with Crippen LogP contribution >= 0.6 is 22.9 Å². The molecule has 7 nitrogen and oxygen atoms in total. The molecular weight excluding hydrogens is 390 g/mol. The summed E-state index contributed by atoms with van der Waals surface area (Å²) in [6.45, 7) is 0.226. The Morgan fingerprint density at radius 2 is 1.96 bits per heavy atom. The lowest BCUT2D eigenvalue weighted by molar-refractivity contribution is -0.145. The third-order valence-corrected chi connectivity index (χ3v) is 6.43. The number of halogens is 1. The van der Waals surface area contributed by atoms with Crippen molar-refractivity contribution in [1.82, 2.24) is 0 Å². The smallest absolute Gasteiger partial charge is 0.347 e. The largest absolute Gasteiger partial charge is 0.463 e. The monoisotopic (exact) mass is 401 g/mol. The van der Waals surface area contributed by atoms with Crippen LogP contribution in [0.2, 0.25) is 4.34 Å². The molecule has 1 atom stereocenters. The van der Waals surface area contributed by atoms with E-state index in [1.165, 1.54) is 36.4 Å². The van der Waals surface area contributed by atoms with Crippen LogP contribution in [0, 0.1) is 0 Å². The number of thiophene rings is 1. The van der Waals surface area contributed by atoms with E-state index >= 15 is 0 Å². The second-order valence-corrected chi connectivity index (χ2v) is 8.72. The standard InChI is InChI=1S/C15H12ClNO6S2/c16-12-5-6-13(24-12)25(20,21)17-10-3-1-9(2-4-10)14(18)23-11-7-8-22-15(11)19/h1-6,11,17H,7-8H2/t11-/m0/s1. The van der Waals surface area contributed by atoms with Gasteiger partial charge < -0.3 is 9.47 Å². The van der Waals surface area contributed by atoms with E-state index in [2.05, 4.69) is 4.72 Å². The first-order chi connectivity index (χ1) is 11.8. The van der Waals surface area contributed by atoms with Gasteiger partial charge in [-0.25, -0.2) is 18.0 Å². The van der Waals surface area contributed by atoms with Gasteiger partial charge in [-0.05, 0) is 36.4 Å². The van der Waals surface area contributed by atoms with Gasteiger partial charge in [0.2, 0.25) is 6.10 Å². The van der Waals surface area contributed by atoms with Crippen LogP contribution in [0.5, 0.6) is 0 Å². The maximum atomic E-state index is 12.2. The van der Waals surface area contributed by atoms with Crippen molar-refractivity contribution >= 4 is 50.6 Å². The van der Waals surface area contributed by atoms with Crippen LogP contribution in [0.4, 0.5) is 5.69 Å². The molecule has 3 rings (SSSR count). The van der Waals surface area contributed by atoms with Crippen LogP contribution < -0.4 is 4.72 Å². The Hall–Kier alpha value is -2.10. The van der Waals surface area contributed by atoms with Gasteiger partial charge in [-0.2, -0.15) is 0 Å². The molecule has 0 bridgehead atoms. The number of rotatable bonds is 5. The molecule has 0 aliphatic carbocycles. The van der Waals surface area contributed by atoms with Crippen molar-refractivity contribution in [2.75, 3.05) is 11.3 Å². The average molecular weight is 402 g/mol. The predicted octanol–water partition coefficient (Wildman–Crippen LogP) is 2.67. The molecule has 1 N–H and O–H groups in total. The molecule has 1 aliphatic rings. The molecule has 0 saturated carbocycles. The quantitative estimate of drug-likeness (QED) is 0.773. The summed E-state index contributed by atoms with van der Waals surface area (Å²) >= 11 is 6.68. The summed E-state index contributed by atoms with van der Waals surface area (Å²) < 4.78 is 37.0. The van der Waals surface area contributed by atoms with Crippen molar-refractivity contribution in [3.8, 4) is 0 Å². The highest BCUT2D eigenvalue weighted by Crippen LogP contribution is 2.27. The lowest BCUT2D eigenvalue weighted by atomic mass is 10.2. The van der Waals surface area contributed by atoms with Crippen molar-refractivity contribution in [3.63, 3.8) is 0 Å². The normalized spacial score (nSPS) is 17.2. The minimum absolute atomic E-state index is 0.0840. The van der Waals surface area contributed by atoms with Crippen LogP contribution in [0.15, 0.2) is 40.6 Å². The molecule has 0 amide bonds. The number of sulfonamides is 1. The Labute approximate surface area is 152 Å². The van der Waals surface area contributed by atoms with E-state index in [0.29, 0.717) is 10.8 Å². The number of benzene rings is 1. The molecule has 132 valence electrons. The van der Waals surface area contributed by atoms with Crippen LogP contribution in [-0.4, -0.2) is 33.1 Å². The Kier molecular flexibility index (Phi) is 4.98. The first-order valence-electron chi connectivity index (χ1n) is 7.11. The fourth-order valence-electron chi connectivity index (χ4n) is 2.10. The molecule has 0 radical (unpaired) electrons. The van der Waals surface area contributed by atoms with E-state index in [0.717, 1.165) is 11.3 Å². The molecule has 1 aromatic heterocycles. The van der Waals surface area contributed by atoms with Crippen molar-refractivity contribution in [1.29, 1.82) is 0 Å². The van der Waals surface area contributed by atoms with Gasteiger partial charge >= 0.3 is 11.9 Å². The fourth-order valence-corrected chi connectivity index (χ4v) is 4.64. The van der Waals surface area contributed by atoms with Crippen molar-refractivity contribution < 1.29 is 27.5 Å². The van der Waals surface area contributed by atoms with Gasteiger partial charge in [-0.1, -0.05) is 11.6 Å². The molecule has 2 aromatic rings. The second kappa shape index (κ2) is 7.03. The molecule has 0 unspecified atom stereocenters. The van der Waals surface area contributed by atoms with Gasteiger partial charge in [0.15, 0.2) is 0 Å². The predicted molar refractivity (Wildman–Crippen MR) is 91.4 cm³/mol. The lowest BCUT2D eigenvalue weighted by Gasteiger charge is -2.09. The topological polar surface area (TPSA) is 98.8 Å². The third-order valence-electron chi connectivity index (χ3n) is 3.32. The number of cyclic esters (lactones) is 1. The van der Waals surface area contributed by atoms with Gasteiger partial charge in [0.25, 0.3) is 10.0 Å². The number of esters is 2. The molecule has 0 spiro atoms. The minimum atomic E-state index is -3.74. The van der Waals surface area contributed by atoms with Crippen molar-refractivity contribution in [2.45, 2.75) is 16.7 Å². The Balaban J connectivity index is 1.67. The highest BCUT2D eigenvalue weighted by Gasteiger charge is 2.30. The Morgan fingerprint density at radius 3 is 2.52 bits per heavy atom. The van der Waals surface area contributed by atoms with Crippen LogP contribution in [0.1, 0.15) is 16.8 Å². The first-order valence-corrected chi connectivity index (χ1v) is 9.79. The molecular formula is C15H12ClNO6S2. The fraction of sp³-hybridized carbons (Fsp3) is 0.200. The molecule has 1 aromatic carbocycles. The summed E-state index contributed by atoms with van der Waals surface area (Å²) in [7, 11) is -3.74. The lowest BCUT2D eigenvalue weighted by Crippen LogP contribution is -2.22. The number of nitrogens with one attached hydrogen (secondary N) is 1. The highest BCUT2D eigenvalue weighted by atomic mass is 35.5. The molecule has 1 aliphatic heterocycles. The van der Waals surface area contributed by atoms with E-state index in [1.54, 1.807) is 0 Å². The maximum absolute atomic E-state index is 12.2. The van der Waals surface area contributed by atoms with Crippen LogP contribution in [0.3, 0.4) is 0 Å². The average Bonchev–Trinajstić information content (AvgIpc) is 3.17. The summed E-state index contributed by atoms with van der Waals surface area (Å²) in [5.41, 5.74) is 0.475. The van der Waals surface area contributed by atoms with E-state index in [-0.39, 0.29) is 22.1 Å². The second-order valence-electron chi connectivity index (χ2n) is 5.09. The van der Waals surface area contributed by atoms with Gasteiger partial charge in [-0.3, -0.25) is 4.72 Å². The van der Waals surface area contributed by atoms with Crippen molar-refractivity contribution in [3.05, 3.63) is 46.3 Å². The van der Waals surface area contributed by atoms with Crippen LogP contribution in [0.25, 0.3) is 0 Å². The number of hydrogen-bond donors (Lipinski definition) is 1. The summed E-state index contributed by atoms with van der Waals surface area (Å²) in [5.74, 6) is -1.24. The first kappa shape index (κ1) is 17.7. The number of anilines is 1. The Bertz CT molecular complexity index is 906. The molecule has 1 saturated heterocycles. The van der Waals surface area contributed by atoms with E-state index in [4.69, 9.17) is 21.1 Å². The summed E-state index contributed by atoms with van der Waals surface area (Å²) in [5, 5.41) is 0. The maximum Gasteiger partial charge on any atom is 0.347 e. The zero-order chi connectivity index (χ0) is 18.0. The molecule has 10 heteroatoms. The van der Waals surface area contributed by atoms with Gasteiger partial charge in [0.05, 0.1) is 16.5 Å².